The van der Waals surface area contributed by atoms with E-state index in [1.807, 2.05) is 0 Å². The number of ether oxygens (including phenoxy) is 1. The second-order valence-corrected chi connectivity index (χ2v) is 1.77. The first-order valence-corrected chi connectivity index (χ1v) is 3.31. The molecule has 6 nitrogen and oxygen atoms in total. The highest BCUT2D eigenvalue weighted by atomic mass is 16.5. The Bertz CT molecular complexity index is 309. The van der Waals surface area contributed by atoms with Crippen molar-refractivity contribution in [1.82, 2.24) is 5.31 Å². The number of rotatable bonds is 3. The predicted molar refractivity (Wildman–Crippen MR) is 42.4 cm³/mol. The van der Waals surface area contributed by atoms with Crippen LogP contribution in [-0.2, 0) is 14.3 Å². The average Bonchev–Trinajstić information content (AvgIpc) is 2.16. The van der Waals surface area contributed by atoms with Crippen LogP contribution in [0, 0.1) is 0 Å². The maximum absolute atomic E-state index is 10.9. The number of hydrogen-bond acceptors (Lipinski definition) is 4. The Kier molecular flexibility index (Phi) is 4.00. The maximum Gasteiger partial charge on any atom is 0.411 e. The van der Waals surface area contributed by atoms with Crippen molar-refractivity contribution in [2.24, 2.45) is 4.99 Å². The van der Waals surface area contributed by atoms with E-state index in [9.17, 15) is 14.4 Å². The molecule has 0 fully saturated rings. The smallest absolute Gasteiger partial charge is 0.411 e. The molecule has 0 saturated heterocycles. The van der Waals surface area contributed by atoms with Crippen LogP contribution in [0.2, 0.25) is 1.41 Å². The lowest BCUT2D eigenvalue weighted by Crippen LogP contribution is -2.26. The quantitative estimate of drug-likeness (QED) is 0.384. The standard InChI is InChI=1S/C7H8N2O4/c1-3-13-7(12)9-5(2)6(11)8-4-10/h2-3H2,1H3,(H,9,12)/i/hD. The molecule has 0 rings (SSSR count). The number of carbonyl (C=O) groups is 2. The molecule has 6 heteroatoms. The van der Waals surface area contributed by atoms with E-state index in [1.54, 1.807) is 6.92 Å². The molecule has 2 amide bonds. The van der Waals surface area contributed by atoms with Gasteiger partial charge in [-0.15, -0.1) is 4.99 Å². The number of amides is 2. The summed E-state index contributed by atoms with van der Waals surface area (Å²) in [5.74, 6) is -1.11. The van der Waals surface area contributed by atoms with Gasteiger partial charge in [-0.25, -0.2) is 9.59 Å². The highest BCUT2D eigenvalue weighted by molar-refractivity contribution is 5.98. The van der Waals surface area contributed by atoms with Crippen LogP contribution in [-0.4, -0.2) is 24.7 Å². The van der Waals surface area contributed by atoms with Crippen LogP contribution in [0.4, 0.5) is 4.79 Å². The first-order valence-electron chi connectivity index (χ1n) is 3.76. The number of carbonyl (C=O) groups excluding carboxylic acids is 3. The van der Waals surface area contributed by atoms with Crippen molar-refractivity contribution in [3.05, 3.63) is 12.3 Å². The van der Waals surface area contributed by atoms with E-state index in [4.69, 9.17) is 1.41 Å². The number of aliphatic imine (C=N–C) groups is 1. The number of isocyanates is 1. The van der Waals surface area contributed by atoms with E-state index in [0.717, 1.165) is 6.08 Å². The van der Waals surface area contributed by atoms with E-state index in [1.165, 1.54) is 0 Å². The van der Waals surface area contributed by atoms with E-state index >= 15 is 0 Å². The fraction of sp³-hybridized carbons (Fsp3) is 0.286. The molecule has 0 aromatic heterocycles. The monoisotopic (exact) mass is 185 g/mol. The number of alkyl carbamates (subject to hydrolysis) is 1. The molecular weight excluding hydrogens is 176 g/mol. The minimum atomic E-state index is -1.11. The molecule has 0 bridgehead atoms. The summed E-state index contributed by atoms with van der Waals surface area (Å²) in [4.78, 5) is 34.0. The van der Waals surface area contributed by atoms with E-state index in [2.05, 4.69) is 16.3 Å². The van der Waals surface area contributed by atoms with Gasteiger partial charge in [-0.3, -0.25) is 10.1 Å². The van der Waals surface area contributed by atoms with Crippen molar-refractivity contribution in [2.45, 2.75) is 6.92 Å². The van der Waals surface area contributed by atoms with Crippen molar-refractivity contribution >= 4 is 18.1 Å². The second-order valence-electron chi connectivity index (χ2n) is 1.77. The van der Waals surface area contributed by atoms with Gasteiger partial charge in [-0.05, 0) is 6.92 Å². The average molecular weight is 185 g/mol. The summed E-state index contributed by atoms with van der Waals surface area (Å²) in [7, 11) is 0. The van der Waals surface area contributed by atoms with Crippen molar-refractivity contribution in [3.63, 3.8) is 0 Å². The van der Waals surface area contributed by atoms with Crippen molar-refractivity contribution in [3.8, 4) is 0 Å². The van der Waals surface area contributed by atoms with Gasteiger partial charge in [0.2, 0.25) is 6.08 Å². The van der Waals surface area contributed by atoms with Crippen LogP contribution in [0.15, 0.2) is 17.3 Å². The predicted octanol–water partition coefficient (Wildman–Crippen LogP) is 0.109. The van der Waals surface area contributed by atoms with Gasteiger partial charge >= 0.3 is 12.0 Å². The first-order chi connectivity index (χ1) is 6.54. The molecule has 0 atom stereocenters. The first kappa shape index (κ1) is 9.15. The van der Waals surface area contributed by atoms with Crippen LogP contribution < -0.4 is 5.31 Å². The zero-order chi connectivity index (χ0) is 11.1. The van der Waals surface area contributed by atoms with E-state index < -0.39 is 17.7 Å². The molecule has 0 aromatic rings. The van der Waals surface area contributed by atoms with Gasteiger partial charge in [0, 0.05) is 0 Å². The molecule has 0 aliphatic rings. The van der Waals surface area contributed by atoms with Gasteiger partial charge in [0.05, 0.1) is 6.61 Å². The van der Waals surface area contributed by atoms with Crippen LogP contribution in [0.25, 0.3) is 0 Å². The van der Waals surface area contributed by atoms with Crippen molar-refractivity contribution in [1.29, 1.82) is 0 Å². The molecule has 0 heterocycles. The van der Waals surface area contributed by atoms with Gasteiger partial charge in [0.25, 0.3) is 0 Å². The number of nitrogens with one attached hydrogen (secondary N) is 1. The molecule has 1 N–H and O–H groups in total. The molecular formula is C7H8N2O4. The summed E-state index contributed by atoms with van der Waals surface area (Å²) < 4.78 is 11.4. The van der Waals surface area contributed by atoms with Crippen LogP contribution >= 0.6 is 0 Å². The molecule has 0 aliphatic heterocycles. The zero-order valence-electron chi connectivity index (χ0n) is 7.94. The largest absolute Gasteiger partial charge is 0.450 e. The van der Waals surface area contributed by atoms with Gasteiger partial charge < -0.3 is 4.74 Å². The third-order valence-corrected chi connectivity index (χ3v) is 0.888. The molecule has 0 aromatic carbocycles. The summed E-state index contributed by atoms with van der Waals surface area (Å²) in [6, 6.07) is 0. The number of hydrogen-bond donors (Lipinski definition) is 1. The normalized spacial score (nSPS) is 9.15. The van der Waals surface area contributed by atoms with E-state index in [-0.39, 0.29) is 11.9 Å². The lowest BCUT2D eigenvalue weighted by molar-refractivity contribution is -0.114. The maximum atomic E-state index is 10.9. The Morgan fingerprint density at radius 2 is 2.38 bits per heavy atom. The highest BCUT2D eigenvalue weighted by Crippen LogP contribution is 1.89. The lowest BCUT2D eigenvalue weighted by atomic mass is 10.5. The SMILES string of the molecule is [2H]N(C(=C)C(=O)N=C=O)C(=O)OCC. The summed E-state index contributed by atoms with van der Waals surface area (Å²) in [5, 5.41) is 0.118. The third-order valence-electron chi connectivity index (χ3n) is 0.888. The zero-order valence-corrected chi connectivity index (χ0v) is 6.94. The van der Waals surface area contributed by atoms with Crippen molar-refractivity contribution in [2.75, 3.05) is 6.61 Å². The Labute approximate surface area is 75.7 Å². The van der Waals surface area contributed by atoms with Crippen LogP contribution in [0.3, 0.4) is 0 Å². The van der Waals surface area contributed by atoms with Gasteiger partial charge in [-0.2, -0.15) is 0 Å². The summed E-state index contributed by atoms with van der Waals surface area (Å²) in [6.45, 7) is 4.70. The van der Waals surface area contributed by atoms with Gasteiger partial charge in [-0.1, -0.05) is 6.58 Å². The minimum absolute atomic E-state index is 0.0621. The Morgan fingerprint density at radius 3 is 2.85 bits per heavy atom. The third kappa shape index (κ3) is 4.49. The summed E-state index contributed by atoms with van der Waals surface area (Å²) in [6.07, 6.45) is -0.0863. The molecule has 0 aliphatic carbocycles. The molecule has 70 valence electrons. The second kappa shape index (κ2) is 5.68. The fourth-order valence-corrected chi connectivity index (χ4v) is 0.420. The molecule has 0 radical (unpaired) electrons. The van der Waals surface area contributed by atoms with Crippen LogP contribution in [0.5, 0.6) is 0 Å². The van der Waals surface area contributed by atoms with E-state index in [0.29, 0.717) is 0 Å². The fourth-order valence-electron chi connectivity index (χ4n) is 0.420. The Hall–Kier alpha value is -1.94. The highest BCUT2D eigenvalue weighted by Gasteiger charge is 2.09. The minimum Gasteiger partial charge on any atom is -0.450 e. The molecule has 13 heavy (non-hydrogen) atoms. The molecule has 0 spiro atoms. The van der Waals surface area contributed by atoms with Gasteiger partial charge in [0.1, 0.15) is 5.70 Å². The van der Waals surface area contributed by atoms with Crippen molar-refractivity contribution < 1.29 is 20.5 Å². The van der Waals surface area contributed by atoms with Crippen LogP contribution in [0.1, 0.15) is 6.92 Å². The summed E-state index contributed by atoms with van der Waals surface area (Å²) in [5.41, 5.74) is -0.577. The summed E-state index contributed by atoms with van der Waals surface area (Å²) >= 11 is 0. The van der Waals surface area contributed by atoms with Gasteiger partial charge in [0.15, 0.2) is 1.41 Å². The molecule has 0 unspecified atom stereocenters. The number of nitrogens with zero attached hydrogens (tertiary/aromatic N) is 1. The molecule has 0 saturated carbocycles. The topological polar surface area (TPSA) is 84.8 Å². The lowest BCUT2D eigenvalue weighted by Gasteiger charge is -2.03. The Balaban J connectivity index is 4.46. The Morgan fingerprint density at radius 1 is 1.77 bits per heavy atom.